The Balaban J connectivity index is 2.04. The van der Waals surface area contributed by atoms with E-state index < -0.39 is 5.97 Å². The summed E-state index contributed by atoms with van der Waals surface area (Å²) in [6.07, 6.45) is 0.904. The van der Waals surface area contributed by atoms with Crippen molar-refractivity contribution in [2.24, 2.45) is 0 Å². The van der Waals surface area contributed by atoms with Gasteiger partial charge >= 0.3 is 5.97 Å². The van der Waals surface area contributed by atoms with Gasteiger partial charge in [-0.05, 0) is 38.1 Å². The lowest BCUT2D eigenvalue weighted by atomic mass is 10.2. The number of carbonyl (C=O) groups is 1. The first-order chi connectivity index (χ1) is 12.0. The first kappa shape index (κ1) is 18.8. The maximum absolute atomic E-state index is 12.4. The van der Waals surface area contributed by atoms with Crippen molar-refractivity contribution in [3.8, 4) is 17.2 Å². The Morgan fingerprint density at radius 3 is 2.36 bits per heavy atom. The van der Waals surface area contributed by atoms with Gasteiger partial charge in [-0.15, -0.1) is 0 Å². The number of hydrogen-bond donors (Lipinski definition) is 0. The Bertz CT molecular complexity index is 694. The SMILES string of the molecule is COc1cc(OCCC(C)OC)ccc1C(=O)Oc1ccc(C)cc1. The Hall–Kier alpha value is -2.53. The molecule has 0 aliphatic carbocycles. The molecular formula is C20H24O5. The van der Waals surface area contributed by atoms with E-state index in [4.69, 9.17) is 18.9 Å². The van der Waals surface area contributed by atoms with Crippen LogP contribution in [-0.4, -0.2) is 32.9 Å². The summed E-state index contributed by atoms with van der Waals surface area (Å²) in [4.78, 5) is 12.4. The largest absolute Gasteiger partial charge is 0.496 e. The van der Waals surface area contributed by atoms with Crippen LogP contribution in [-0.2, 0) is 4.74 Å². The summed E-state index contributed by atoms with van der Waals surface area (Å²) in [5, 5.41) is 0. The van der Waals surface area contributed by atoms with Gasteiger partial charge in [-0.1, -0.05) is 17.7 Å². The molecule has 0 aliphatic heterocycles. The molecule has 25 heavy (non-hydrogen) atoms. The zero-order chi connectivity index (χ0) is 18.2. The number of esters is 1. The zero-order valence-electron chi connectivity index (χ0n) is 15.1. The van der Waals surface area contributed by atoms with E-state index in [1.165, 1.54) is 7.11 Å². The van der Waals surface area contributed by atoms with Crippen LogP contribution in [0.2, 0.25) is 0 Å². The maximum Gasteiger partial charge on any atom is 0.347 e. The molecule has 0 bridgehead atoms. The molecule has 134 valence electrons. The van der Waals surface area contributed by atoms with Gasteiger partial charge in [0.1, 0.15) is 22.8 Å². The normalized spacial score (nSPS) is 11.7. The van der Waals surface area contributed by atoms with Crippen molar-refractivity contribution in [2.75, 3.05) is 20.8 Å². The van der Waals surface area contributed by atoms with E-state index in [-0.39, 0.29) is 6.10 Å². The minimum atomic E-state index is -0.472. The highest BCUT2D eigenvalue weighted by Gasteiger charge is 2.16. The van der Waals surface area contributed by atoms with Crippen LogP contribution < -0.4 is 14.2 Å². The van der Waals surface area contributed by atoms with Crippen LogP contribution in [0.4, 0.5) is 0 Å². The fourth-order valence-corrected chi connectivity index (χ4v) is 2.16. The molecular weight excluding hydrogens is 320 g/mol. The molecule has 0 N–H and O–H groups in total. The molecule has 0 fully saturated rings. The van der Waals surface area contributed by atoms with Crippen molar-refractivity contribution in [1.82, 2.24) is 0 Å². The van der Waals surface area contributed by atoms with Gasteiger partial charge < -0.3 is 18.9 Å². The van der Waals surface area contributed by atoms with Crippen molar-refractivity contribution < 1.29 is 23.7 Å². The van der Waals surface area contributed by atoms with Gasteiger partial charge in [0.2, 0.25) is 0 Å². The monoisotopic (exact) mass is 344 g/mol. The second-order valence-electron chi connectivity index (χ2n) is 5.75. The first-order valence-corrected chi connectivity index (χ1v) is 8.16. The van der Waals surface area contributed by atoms with E-state index in [0.29, 0.717) is 29.4 Å². The van der Waals surface area contributed by atoms with Crippen LogP contribution >= 0.6 is 0 Å². The maximum atomic E-state index is 12.4. The standard InChI is InChI=1S/C20H24O5/c1-14-5-7-16(8-6-14)25-20(21)18-10-9-17(13-19(18)23-4)24-12-11-15(2)22-3/h5-10,13,15H,11-12H2,1-4H3. The summed E-state index contributed by atoms with van der Waals surface area (Å²) in [7, 11) is 3.18. The predicted octanol–water partition coefficient (Wildman–Crippen LogP) is 4.03. The van der Waals surface area contributed by atoms with E-state index in [2.05, 4.69) is 0 Å². The molecule has 0 aromatic heterocycles. The zero-order valence-corrected chi connectivity index (χ0v) is 15.1. The van der Waals surface area contributed by atoms with Gasteiger partial charge in [0.05, 0.1) is 19.8 Å². The minimum absolute atomic E-state index is 0.130. The Labute approximate surface area is 148 Å². The number of hydrogen-bond acceptors (Lipinski definition) is 5. The summed E-state index contributed by atoms with van der Waals surface area (Å²) in [6.45, 7) is 4.47. The molecule has 0 spiro atoms. The Morgan fingerprint density at radius 2 is 1.72 bits per heavy atom. The lowest BCUT2D eigenvalue weighted by molar-refractivity contribution is 0.0731. The number of methoxy groups -OCH3 is 2. The molecule has 0 amide bonds. The van der Waals surface area contributed by atoms with Crippen LogP contribution in [0.5, 0.6) is 17.2 Å². The summed E-state index contributed by atoms with van der Waals surface area (Å²) in [5.41, 5.74) is 1.45. The van der Waals surface area contributed by atoms with E-state index in [1.54, 1.807) is 37.4 Å². The molecule has 0 radical (unpaired) electrons. The molecule has 2 aromatic carbocycles. The van der Waals surface area contributed by atoms with Crippen molar-refractivity contribution in [1.29, 1.82) is 0 Å². The molecule has 5 nitrogen and oxygen atoms in total. The highest BCUT2D eigenvalue weighted by molar-refractivity contribution is 5.94. The van der Waals surface area contributed by atoms with E-state index in [9.17, 15) is 4.79 Å². The number of aryl methyl sites for hydroxylation is 1. The topological polar surface area (TPSA) is 54.0 Å². The number of benzene rings is 2. The highest BCUT2D eigenvalue weighted by atomic mass is 16.5. The molecule has 5 heteroatoms. The van der Waals surface area contributed by atoms with Crippen LogP contribution in [0.1, 0.15) is 29.3 Å². The van der Waals surface area contributed by atoms with Gasteiger partial charge in [0.25, 0.3) is 0 Å². The minimum Gasteiger partial charge on any atom is -0.496 e. The van der Waals surface area contributed by atoms with E-state index in [1.807, 2.05) is 26.0 Å². The van der Waals surface area contributed by atoms with Crippen LogP contribution in [0.3, 0.4) is 0 Å². The fraction of sp³-hybridized carbons (Fsp3) is 0.350. The Kier molecular flexibility index (Phi) is 6.83. The third-order valence-electron chi connectivity index (χ3n) is 3.82. The molecule has 1 unspecified atom stereocenters. The molecule has 2 rings (SSSR count). The van der Waals surface area contributed by atoms with Crippen molar-refractivity contribution in [3.63, 3.8) is 0 Å². The second-order valence-corrected chi connectivity index (χ2v) is 5.75. The Morgan fingerprint density at radius 1 is 1.04 bits per heavy atom. The van der Waals surface area contributed by atoms with E-state index in [0.717, 1.165) is 12.0 Å². The average molecular weight is 344 g/mol. The van der Waals surface area contributed by atoms with Gasteiger partial charge in [-0.3, -0.25) is 0 Å². The molecule has 0 aliphatic rings. The van der Waals surface area contributed by atoms with Crippen LogP contribution in [0.15, 0.2) is 42.5 Å². The summed E-state index contributed by atoms with van der Waals surface area (Å²) >= 11 is 0. The summed E-state index contributed by atoms with van der Waals surface area (Å²) < 4.78 is 21.6. The molecule has 1 atom stereocenters. The van der Waals surface area contributed by atoms with Crippen molar-refractivity contribution in [2.45, 2.75) is 26.4 Å². The summed E-state index contributed by atoms with van der Waals surface area (Å²) in [6, 6.07) is 12.3. The van der Waals surface area contributed by atoms with Crippen molar-refractivity contribution in [3.05, 3.63) is 53.6 Å². The van der Waals surface area contributed by atoms with Gasteiger partial charge in [-0.25, -0.2) is 4.79 Å². The van der Waals surface area contributed by atoms with Crippen LogP contribution in [0.25, 0.3) is 0 Å². The quantitative estimate of drug-likeness (QED) is 0.535. The second kappa shape index (κ2) is 9.08. The predicted molar refractivity (Wildman–Crippen MR) is 95.7 cm³/mol. The summed E-state index contributed by atoms with van der Waals surface area (Å²) in [5.74, 6) is 1.06. The lowest BCUT2D eigenvalue weighted by Gasteiger charge is -2.13. The molecule has 0 saturated heterocycles. The fourth-order valence-electron chi connectivity index (χ4n) is 2.16. The third kappa shape index (κ3) is 5.50. The third-order valence-corrected chi connectivity index (χ3v) is 3.82. The first-order valence-electron chi connectivity index (χ1n) is 8.16. The van der Waals surface area contributed by atoms with Gasteiger partial charge in [-0.2, -0.15) is 0 Å². The number of rotatable bonds is 8. The van der Waals surface area contributed by atoms with Crippen LogP contribution in [0, 0.1) is 6.92 Å². The van der Waals surface area contributed by atoms with Gasteiger partial charge in [0, 0.05) is 19.6 Å². The average Bonchev–Trinajstić information content (AvgIpc) is 2.63. The number of ether oxygens (including phenoxy) is 4. The van der Waals surface area contributed by atoms with E-state index >= 15 is 0 Å². The van der Waals surface area contributed by atoms with Crippen molar-refractivity contribution >= 4 is 5.97 Å². The molecule has 0 saturated carbocycles. The molecule has 0 heterocycles. The lowest BCUT2D eigenvalue weighted by Crippen LogP contribution is -2.12. The highest BCUT2D eigenvalue weighted by Crippen LogP contribution is 2.26. The smallest absolute Gasteiger partial charge is 0.347 e. The number of carbonyl (C=O) groups excluding carboxylic acids is 1. The molecule has 2 aromatic rings. The van der Waals surface area contributed by atoms with Gasteiger partial charge in [0.15, 0.2) is 0 Å².